The van der Waals surface area contributed by atoms with Gasteiger partial charge in [-0.1, -0.05) is 0 Å². The predicted molar refractivity (Wildman–Crippen MR) is 39.5 cm³/mol. The number of thioether (sulfide) groups is 1. The van der Waals surface area contributed by atoms with Gasteiger partial charge in [0.25, 0.3) is 0 Å². The van der Waals surface area contributed by atoms with E-state index in [1.807, 2.05) is 19.4 Å². The fraction of sp³-hybridized carbons (Fsp3) is 0.600. The second-order valence-corrected chi connectivity index (χ2v) is 2.29. The number of nitrogens with one attached hydrogen (secondary N) is 1. The van der Waals surface area contributed by atoms with E-state index < -0.39 is 0 Å². The van der Waals surface area contributed by atoms with Crippen molar-refractivity contribution in [2.75, 3.05) is 12.9 Å². The molecule has 0 bridgehead atoms. The molecule has 0 atom stereocenters. The molecule has 0 radical (unpaired) electrons. The molecule has 0 aromatic carbocycles. The molecule has 48 valence electrons. The summed E-state index contributed by atoms with van der Waals surface area (Å²) in [7, 11) is 1.89. The normalized spacial score (nSPS) is 11.6. The molecule has 0 saturated heterocycles. The van der Waals surface area contributed by atoms with Crippen LogP contribution < -0.4 is 11.1 Å². The van der Waals surface area contributed by atoms with E-state index in [-0.39, 0.29) is 0 Å². The molecule has 0 unspecified atom stereocenters. The molecular formula is C5H12N2S. The Kier molecular flexibility index (Phi) is 4.90. The Labute approximate surface area is 54.5 Å². The van der Waals surface area contributed by atoms with E-state index in [4.69, 9.17) is 5.73 Å². The zero-order valence-electron chi connectivity index (χ0n) is 5.27. The van der Waals surface area contributed by atoms with E-state index in [0.29, 0.717) is 5.88 Å². The molecule has 0 fully saturated rings. The Morgan fingerprint density at radius 1 is 1.88 bits per heavy atom. The predicted octanol–water partition coefficient (Wildman–Crippen LogP) is 0.717. The second-order valence-electron chi connectivity index (χ2n) is 1.38. The zero-order valence-corrected chi connectivity index (χ0v) is 6.09. The summed E-state index contributed by atoms with van der Waals surface area (Å²) in [6.45, 7) is 2.00. The van der Waals surface area contributed by atoms with Crippen LogP contribution in [0.5, 0.6) is 0 Å². The highest BCUT2D eigenvalue weighted by Crippen LogP contribution is 1.99. The summed E-state index contributed by atoms with van der Waals surface area (Å²) >= 11 is 1.59. The van der Waals surface area contributed by atoms with E-state index in [0.717, 1.165) is 5.70 Å². The maximum absolute atomic E-state index is 5.22. The van der Waals surface area contributed by atoms with Crippen LogP contribution in [0.15, 0.2) is 11.1 Å². The number of hydrogen-bond acceptors (Lipinski definition) is 3. The summed E-state index contributed by atoms with van der Waals surface area (Å²) in [5.74, 6) is 0.652. The first-order valence-corrected chi connectivity index (χ1v) is 3.52. The lowest BCUT2D eigenvalue weighted by atomic mass is 10.6. The molecule has 0 spiro atoms. The van der Waals surface area contributed by atoms with Gasteiger partial charge in [0.05, 0.1) is 0 Å². The van der Waals surface area contributed by atoms with Crippen LogP contribution in [0.1, 0.15) is 6.92 Å². The zero-order chi connectivity index (χ0) is 6.41. The average Bonchev–Trinajstić information content (AvgIpc) is 1.83. The van der Waals surface area contributed by atoms with Crippen molar-refractivity contribution in [3.05, 3.63) is 11.1 Å². The van der Waals surface area contributed by atoms with Gasteiger partial charge in [-0.3, -0.25) is 0 Å². The monoisotopic (exact) mass is 132 g/mol. The summed E-state index contributed by atoms with van der Waals surface area (Å²) in [6, 6.07) is 0. The minimum absolute atomic E-state index is 0.652. The van der Waals surface area contributed by atoms with E-state index >= 15 is 0 Å². The van der Waals surface area contributed by atoms with Crippen molar-refractivity contribution in [3.63, 3.8) is 0 Å². The van der Waals surface area contributed by atoms with Gasteiger partial charge >= 0.3 is 0 Å². The summed E-state index contributed by atoms with van der Waals surface area (Å²) < 4.78 is 0. The quantitative estimate of drug-likeness (QED) is 0.556. The Morgan fingerprint density at radius 3 is 2.88 bits per heavy atom. The van der Waals surface area contributed by atoms with Gasteiger partial charge in [0, 0.05) is 18.6 Å². The maximum atomic E-state index is 5.22. The molecule has 0 rings (SSSR count). The van der Waals surface area contributed by atoms with Crippen LogP contribution in [0.2, 0.25) is 0 Å². The van der Waals surface area contributed by atoms with Gasteiger partial charge in [-0.25, -0.2) is 0 Å². The molecule has 0 saturated carbocycles. The molecule has 3 heteroatoms. The van der Waals surface area contributed by atoms with Crippen molar-refractivity contribution in [3.8, 4) is 0 Å². The fourth-order valence-corrected chi connectivity index (χ4v) is 0.696. The first-order valence-electron chi connectivity index (χ1n) is 2.47. The van der Waals surface area contributed by atoms with E-state index in [1.165, 1.54) is 0 Å². The Hall–Kier alpha value is -0.150. The minimum Gasteiger partial charge on any atom is -0.391 e. The van der Waals surface area contributed by atoms with Crippen LogP contribution in [-0.4, -0.2) is 12.9 Å². The van der Waals surface area contributed by atoms with Crippen molar-refractivity contribution in [2.24, 2.45) is 5.73 Å². The van der Waals surface area contributed by atoms with E-state index in [9.17, 15) is 0 Å². The number of rotatable bonds is 3. The number of nitrogens with two attached hydrogens (primary N) is 1. The van der Waals surface area contributed by atoms with Gasteiger partial charge in [-0.15, -0.1) is 11.8 Å². The van der Waals surface area contributed by atoms with Crippen molar-refractivity contribution in [1.29, 1.82) is 0 Å². The smallest absolute Gasteiger partial charge is 0.0435 e. The van der Waals surface area contributed by atoms with Crippen molar-refractivity contribution < 1.29 is 0 Å². The van der Waals surface area contributed by atoms with Gasteiger partial charge in [-0.05, 0) is 12.3 Å². The Balaban J connectivity index is 3.26. The molecule has 3 N–H and O–H groups in total. The molecular weight excluding hydrogens is 120 g/mol. The third-order valence-corrected chi connectivity index (χ3v) is 1.46. The van der Waals surface area contributed by atoms with Gasteiger partial charge in [0.1, 0.15) is 0 Å². The third kappa shape index (κ3) is 4.02. The van der Waals surface area contributed by atoms with E-state index in [2.05, 4.69) is 5.32 Å². The first-order chi connectivity index (χ1) is 3.81. The third-order valence-electron chi connectivity index (χ3n) is 0.751. The highest BCUT2D eigenvalue weighted by Gasteiger charge is 1.78. The SMILES string of the molecule is CN/C(C)=C\SCN. The molecule has 0 heterocycles. The van der Waals surface area contributed by atoms with Gasteiger partial charge in [0.2, 0.25) is 0 Å². The fourth-order valence-electron chi connectivity index (χ4n) is 0.232. The molecule has 0 aliphatic heterocycles. The van der Waals surface area contributed by atoms with Crippen molar-refractivity contribution in [1.82, 2.24) is 5.32 Å². The van der Waals surface area contributed by atoms with Crippen LogP contribution in [0.3, 0.4) is 0 Å². The van der Waals surface area contributed by atoms with Gasteiger partial charge in [-0.2, -0.15) is 0 Å². The summed E-state index contributed by atoms with van der Waals surface area (Å²) in [4.78, 5) is 0. The summed E-state index contributed by atoms with van der Waals surface area (Å²) in [5.41, 5.74) is 6.38. The Bertz CT molecular complexity index is 80.5. The molecule has 8 heavy (non-hydrogen) atoms. The van der Waals surface area contributed by atoms with Crippen LogP contribution in [0, 0.1) is 0 Å². The molecule has 2 nitrogen and oxygen atoms in total. The largest absolute Gasteiger partial charge is 0.391 e. The molecule has 0 aliphatic rings. The van der Waals surface area contributed by atoms with Crippen LogP contribution >= 0.6 is 11.8 Å². The lowest BCUT2D eigenvalue weighted by molar-refractivity contribution is 0.996. The van der Waals surface area contributed by atoms with Crippen LogP contribution in [-0.2, 0) is 0 Å². The minimum atomic E-state index is 0.652. The molecule has 0 aromatic heterocycles. The second kappa shape index (κ2) is 5.00. The Morgan fingerprint density at radius 2 is 2.50 bits per heavy atom. The molecule has 0 amide bonds. The molecule has 0 aliphatic carbocycles. The maximum Gasteiger partial charge on any atom is 0.0435 e. The lowest BCUT2D eigenvalue weighted by Crippen LogP contribution is -2.01. The number of allylic oxidation sites excluding steroid dienone is 1. The van der Waals surface area contributed by atoms with Crippen molar-refractivity contribution in [2.45, 2.75) is 6.92 Å². The summed E-state index contributed by atoms with van der Waals surface area (Å²) in [5, 5.41) is 4.98. The standard InChI is InChI=1S/C5H12N2S/c1-5(7-2)3-8-4-6/h3,7H,4,6H2,1-2H3/b5-3-. The lowest BCUT2D eigenvalue weighted by Gasteiger charge is -1.95. The van der Waals surface area contributed by atoms with E-state index in [1.54, 1.807) is 11.8 Å². The topological polar surface area (TPSA) is 38.0 Å². The first kappa shape index (κ1) is 7.85. The molecule has 0 aromatic rings. The highest BCUT2D eigenvalue weighted by atomic mass is 32.2. The van der Waals surface area contributed by atoms with Crippen molar-refractivity contribution >= 4 is 11.8 Å². The highest BCUT2D eigenvalue weighted by molar-refractivity contribution is 8.02. The van der Waals surface area contributed by atoms with Crippen LogP contribution in [0.25, 0.3) is 0 Å². The average molecular weight is 132 g/mol. The summed E-state index contributed by atoms with van der Waals surface area (Å²) in [6.07, 6.45) is 0. The van der Waals surface area contributed by atoms with Gasteiger partial charge < -0.3 is 11.1 Å². The van der Waals surface area contributed by atoms with Crippen LogP contribution in [0.4, 0.5) is 0 Å². The number of hydrogen-bond donors (Lipinski definition) is 2. The van der Waals surface area contributed by atoms with Gasteiger partial charge in [0.15, 0.2) is 0 Å².